The van der Waals surface area contributed by atoms with Crippen molar-refractivity contribution in [2.75, 3.05) is 13.2 Å². The monoisotopic (exact) mass is 899 g/mol. The molecule has 0 aliphatic carbocycles. The third kappa shape index (κ3) is 11.7. The van der Waals surface area contributed by atoms with Crippen LogP contribution < -0.4 is 0 Å². The summed E-state index contributed by atoms with van der Waals surface area (Å²) >= 11 is 0. The lowest BCUT2D eigenvalue weighted by Crippen LogP contribution is -2.63. The van der Waals surface area contributed by atoms with Gasteiger partial charge in [0.1, 0.15) is 43.7 Å². The Hall–Kier alpha value is -7.20. The number of hydrogen-bond acceptors (Lipinski definition) is 15. The van der Waals surface area contributed by atoms with Gasteiger partial charge in [0.25, 0.3) is 0 Å². The van der Waals surface area contributed by atoms with Crippen molar-refractivity contribution in [3.8, 4) is 0 Å². The molecule has 1 N–H and O–H groups in total. The quantitative estimate of drug-likeness (QED) is 0.0470. The van der Waals surface area contributed by atoms with Gasteiger partial charge in [0, 0.05) is 12.8 Å². The van der Waals surface area contributed by atoms with Gasteiger partial charge in [-0.3, -0.25) is 5.41 Å². The number of carbonyl (C=O) groups excluding carboxylic acids is 5. The second kappa shape index (κ2) is 22.1. The maximum absolute atomic E-state index is 13.9. The fraction of sp³-hybridized carbons (Fsp3) is 0.294. The van der Waals surface area contributed by atoms with E-state index in [0.717, 1.165) is 0 Å². The summed E-state index contributed by atoms with van der Waals surface area (Å²) in [7, 11) is 0. The van der Waals surface area contributed by atoms with E-state index in [-0.39, 0.29) is 33.7 Å². The summed E-state index contributed by atoms with van der Waals surface area (Å²) in [6.45, 7) is 3.78. The Labute approximate surface area is 381 Å². The third-order valence-corrected chi connectivity index (χ3v) is 11.0. The van der Waals surface area contributed by atoms with Crippen LogP contribution in [0.2, 0.25) is 0 Å². The first-order valence-corrected chi connectivity index (χ1v) is 21.4. The van der Waals surface area contributed by atoms with E-state index in [4.69, 9.17) is 48.0 Å². The molecular weight excluding hydrogens is 851 g/mol. The lowest BCUT2D eigenvalue weighted by molar-refractivity contribution is -0.336. The van der Waals surface area contributed by atoms with Crippen molar-refractivity contribution in [1.82, 2.24) is 0 Å². The fourth-order valence-corrected chi connectivity index (χ4v) is 7.55. The van der Waals surface area contributed by atoms with Crippen LogP contribution in [-0.4, -0.2) is 98.2 Å². The Kier molecular flexibility index (Phi) is 15.7. The highest BCUT2D eigenvalue weighted by Gasteiger charge is 2.54. The molecule has 2 saturated heterocycles. The minimum absolute atomic E-state index is 0.193. The van der Waals surface area contributed by atoms with Crippen molar-refractivity contribution in [2.45, 2.75) is 70.0 Å². The van der Waals surface area contributed by atoms with Crippen molar-refractivity contribution >= 4 is 35.7 Å². The van der Waals surface area contributed by atoms with E-state index >= 15 is 0 Å². The Morgan fingerprint density at radius 1 is 0.424 bits per heavy atom. The standard InChI is InChI=1S/C51H49NO14/c1-31-42(64-48(56)37-25-15-7-16-26-37)44(40(61-50(31)60-33(3)52)30-59-46(54)35-21-11-5-12-22-35)66-51-32(2)41(63-47(55)36-23-13-6-14-24-36)43(65-49(57)38-27-17-8-18-28-38)39(62-51)29-58-45(53)34-19-9-4-10-20-34/h4-28,31-32,39-44,50-52H,29-30H2,1-3H3. The van der Waals surface area contributed by atoms with Crippen LogP contribution in [0.5, 0.6) is 0 Å². The molecule has 66 heavy (non-hydrogen) atoms. The summed E-state index contributed by atoms with van der Waals surface area (Å²) in [5.74, 6) is -5.65. The molecule has 0 saturated carbocycles. The Balaban J connectivity index is 1.27. The molecule has 0 aromatic heterocycles. The number of carbonyl (C=O) groups is 5. The topological polar surface area (TPSA) is 192 Å². The number of esters is 5. The predicted molar refractivity (Wildman–Crippen MR) is 235 cm³/mol. The van der Waals surface area contributed by atoms with E-state index in [1.807, 2.05) is 0 Å². The number of ether oxygens (including phenoxy) is 9. The minimum atomic E-state index is -1.40. The van der Waals surface area contributed by atoms with Gasteiger partial charge in [-0.15, -0.1) is 0 Å². The molecule has 2 aliphatic rings. The predicted octanol–water partition coefficient (Wildman–Crippen LogP) is 7.50. The highest BCUT2D eigenvalue weighted by Crippen LogP contribution is 2.38. The lowest BCUT2D eigenvalue weighted by atomic mass is 9.89. The smallest absolute Gasteiger partial charge is 0.338 e. The molecule has 2 aliphatic heterocycles. The first-order chi connectivity index (χ1) is 32.0. The van der Waals surface area contributed by atoms with Crippen LogP contribution in [0.4, 0.5) is 0 Å². The zero-order valence-electron chi connectivity index (χ0n) is 36.3. The first kappa shape index (κ1) is 46.8. The second-order valence-corrected chi connectivity index (χ2v) is 15.7. The van der Waals surface area contributed by atoms with Gasteiger partial charge in [-0.25, -0.2) is 24.0 Å². The van der Waals surface area contributed by atoms with Gasteiger partial charge in [0.2, 0.25) is 6.29 Å². The maximum atomic E-state index is 13.9. The third-order valence-electron chi connectivity index (χ3n) is 11.0. The van der Waals surface area contributed by atoms with Crippen LogP contribution in [0.3, 0.4) is 0 Å². The summed E-state index contributed by atoms with van der Waals surface area (Å²) in [6.07, 6.45) is -10.4. The number of benzene rings is 5. The number of rotatable bonds is 15. The molecule has 7 rings (SSSR count). The Morgan fingerprint density at radius 2 is 0.727 bits per heavy atom. The Bertz CT molecular complexity index is 2420. The van der Waals surface area contributed by atoms with Gasteiger partial charge in [0.15, 0.2) is 18.3 Å². The van der Waals surface area contributed by atoms with Gasteiger partial charge in [-0.1, -0.05) is 105 Å². The summed E-state index contributed by atoms with van der Waals surface area (Å²) in [5.41, 5.74) is 1.11. The van der Waals surface area contributed by atoms with Crippen LogP contribution in [0.25, 0.3) is 0 Å². The van der Waals surface area contributed by atoms with Crippen molar-refractivity contribution in [1.29, 1.82) is 5.41 Å². The van der Waals surface area contributed by atoms with Gasteiger partial charge in [-0.05, 0) is 60.7 Å². The number of hydrogen-bond donors (Lipinski definition) is 1. The molecule has 0 amide bonds. The lowest BCUT2D eigenvalue weighted by Gasteiger charge is -2.48. The van der Waals surface area contributed by atoms with Gasteiger partial charge >= 0.3 is 29.8 Å². The molecule has 342 valence electrons. The van der Waals surface area contributed by atoms with Crippen molar-refractivity contribution < 1.29 is 66.6 Å². The van der Waals surface area contributed by atoms with Gasteiger partial charge in [-0.2, -0.15) is 0 Å². The average Bonchev–Trinajstić information content (AvgIpc) is 3.35. The van der Waals surface area contributed by atoms with Crippen LogP contribution in [0, 0.1) is 17.2 Å². The van der Waals surface area contributed by atoms with Crippen molar-refractivity contribution in [3.63, 3.8) is 0 Å². The number of nitrogens with one attached hydrogen (secondary N) is 1. The van der Waals surface area contributed by atoms with Crippen molar-refractivity contribution in [2.24, 2.45) is 11.8 Å². The average molecular weight is 900 g/mol. The van der Waals surface area contributed by atoms with E-state index < -0.39 is 104 Å². The first-order valence-electron chi connectivity index (χ1n) is 21.4. The van der Waals surface area contributed by atoms with Crippen LogP contribution in [0.1, 0.15) is 72.6 Å². The molecule has 15 nitrogen and oxygen atoms in total. The van der Waals surface area contributed by atoms with Crippen LogP contribution >= 0.6 is 0 Å². The summed E-state index contributed by atoms with van der Waals surface area (Å²) in [5, 5.41) is 8.14. The van der Waals surface area contributed by atoms with E-state index in [1.54, 1.807) is 166 Å². The highest BCUT2D eigenvalue weighted by molar-refractivity contribution is 5.91. The van der Waals surface area contributed by atoms with E-state index in [1.165, 1.54) is 6.92 Å². The SMILES string of the molecule is CC(=N)OC1OC(COC(=O)c2ccccc2)C(OC2OC(COC(=O)c3ccccc3)C(OC(=O)c3ccccc3)C(OC(=O)c3ccccc3)C2C)C(OC(=O)c2ccccc2)C1C. The zero-order valence-corrected chi connectivity index (χ0v) is 36.3. The zero-order chi connectivity index (χ0) is 46.6. The van der Waals surface area contributed by atoms with Crippen LogP contribution in [0.15, 0.2) is 152 Å². The summed E-state index contributed by atoms with van der Waals surface area (Å²) in [6, 6.07) is 41.1. The largest absolute Gasteiger partial charge is 0.459 e. The molecule has 10 atom stereocenters. The molecule has 5 aromatic rings. The summed E-state index contributed by atoms with van der Waals surface area (Å²) in [4.78, 5) is 68.3. The van der Waals surface area contributed by atoms with E-state index in [2.05, 4.69) is 0 Å². The summed E-state index contributed by atoms with van der Waals surface area (Å²) < 4.78 is 55.8. The molecule has 15 heteroatoms. The maximum Gasteiger partial charge on any atom is 0.338 e. The molecule has 2 fully saturated rings. The molecule has 10 unspecified atom stereocenters. The molecule has 0 bridgehead atoms. The molecule has 0 radical (unpaired) electrons. The van der Waals surface area contributed by atoms with E-state index in [0.29, 0.717) is 0 Å². The molecular formula is C51H49NO14. The highest BCUT2D eigenvalue weighted by atomic mass is 16.7. The van der Waals surface area contributed by atoms with E-state index in [9.17, 15) is 24.0 Å². The van der Waals surface area contributed by atoms with Gasteiger partial charge < -0.3 is 42.6 Å². The second-order valence-electron chi connectivity index (χ2n) is 15.7. The van der Waals surface area contributed by atoms with Crippen LogP contribution in [-0.2, 0) is 42.6 Å². The molecule has 2 heterocycles. The van der Waals surface area contributed by atoms with Crippen molar-refractivity contribution in [3.05, 3.63) is 179 Å². The Morgan fingerprint density at radius 3 is 1.11 bits per heavy atom. The normalized spacial score (nSPS) is 24.7. The molecule has 5 aromatic carbocycles. The minimum Gasteiger partial charge on any atom is -0.459 e. The molecule has 0 spiro atoms. The fourth-order valence-electron chi connectivity index (χ4n) is 7.55. The van der Waals surface area contributed by atoms with Gasteiger partial charge in [0.05, 0.1) is 33.7 Å².